The highest BCUT2D eigenvalue weighted by Crippen LogP contribution is 2.43. The molecule has 1 saturated carbocycles. The van der Waals surface area contributed by atoms with Crippen LogP contribution in [0.25, 0.3) is 0 Å². The fraction of sp³-hybridized carbons (Fsp3) is 0.571. The number of pyridine rings is 1. The number of hydrogen-bond acceptors (Lipinski definition) is 3. The highest BCUT2D eigenvalue weighted by molar-refractivity contribution is 5.25. The van der Waals surface area contributed by atoms with Crippen LogP contribution in [-0.4, -0.2) is 11.5 Å². The van der Waals surface area contributed by atoms with Crippen molar-refractivity contribution in [2.75, 3.05) is 6.54 Å². The number of aromatic nitrogens is 1. The number of nitriles is 1. The first kappa shape index (κ1) is 12.1. The van der Waals surface area contributed by atoms with Crippen LogP contribution in [0.1, 0.15) is 43.9 Å². The standard InChI is InChI=1S/C14H19N3/c1-2-14(5-3-6-14)11-16-10-12-4-7-17-13(8-12)9-15/h4,7-8,16H,2-3,5-6,10-11H2,1H3. The number of rotatable bonds is 5. The van der Waals surface area contributed by atoms with Crippen LogP contribution in [0.15, 0.2) is 18.3 Å². The molecule has 1 aromatic heterocycles. The summed E-state index contributed by atoms with van der Waals surface area (Å²) < 4.78 is 0. The Morgan fingerprint density at radius 3 is 2.94 bits per heavy atom. The lowest BCUT2D eigenvalue weighted by atomic mass is 9.67. The van der Waals surface area contributed by atoms with Crippen LogP contribution in [0.5, 0.6) is 0 Å². The molecule has 0 unspecified atom stereocenters. The first-order chi connectivity index (χ1) is 8.28. The topological polar surface area (TPSA) is 48.7 Å². The summed E-state index contributed by atoms with van der Waals surface area (Å²) >= 11 is 0. The van der Waals surface area contributed by atoms with E-state index in [1.165, 1.54) is 25.7 Å². The van der Waals surface area contributed by atoms with Crippen molar-refractivity contribution < 1.29 is 0 Å². The number of nitrogens with one attached hydrogen (secondary N) is 1. The Hall–Kier alpha value is -1.40. The summed E-state index contributed by atoms with van der Waals surface area (Å²) in [5, 5.41) is 12.3. The van der Waals surface area contributed by atoms with Gasteiger partial charge in [-0.05, 0) is 42.4 Å². The van der Waals surface area contributed by atoms with E-state index >= 15 is 0 Å². The zero-order valence-corrected chi connectivity index (χ0v) is 10.4. The van der Waals surface area contributed by atoms with Gasteiger partial charge >= 0.3 is 0 Å². The van der Waals surface area contributed by atoms with Gasteiger partial charge in [0.1, 0.15) is 11.8 Å². The molecule has 0 radical (unpaired) electrons. The summed E-state index contributed by atoms with van der Waals surface area (Å²) in [7, 11) is 0. The highest BCUT2D eigenvalue weighted by Gasteiger charge is 2.34. The molecule has 0 bridgehead atoms. The number of nitrogens with zero attached hydrogens (tertiary/aromatic N) is 2. The molecule has 1 aliphatic rings. The largest absolute Gasteiger partial charge is 0.312 e. The zero-order valence-electron chi connectivity index (χ0n) is 10.4. The van der Waals surface area contributed by atoms with Gasteiger partial charge in [0, 0.05) is 19.3 Å². The van der Waals surface area contributed by atoms with E-state index in [1.54, 1.807) is 6.20 Å². The first-order valence-corrected chi connectivity index (χ1v) is 6.34. The molecule has 0 spiro atoms. The van der Waals surface area contributed by atoms with Crippen molar-refractivity contribution in [3.63, 3.8) is 0 Å². The molecule has 0 saturated heterocycles. The Labute approximate surface area is 103 Å². The smallest absolute Gasteiger partial charge is 0.140 e. The SMILES string of the molecule is CCC1(CNCc2ccnc(C#N)c2)CCC1. The molecule has 0 amide bonds. The maximum absolute atomic E-state index is 8.77. The molecule has 3 nitrogen and oxygen atoms in total. The molecule has 0 aromatic carbocycles. The summed E-state index contributed by atoms with van der Waals surface area (Å²) in [5.41, 5.74) is 2.19. The van der Waals surface area contributed by atoms with Crippen LogP contribution >= 0.6 is 0 Å². The summed E-state index contributed by atoms with van der Waals surface area (Å²) in [6.07, 6.45) is 7.06. The van der Waals surface area contributed by atoms with Gasteiger partial charge in [0.25, 0.3) is 0 Å². The van der Waals surface area contributed by atoms with Gasteiger partial charge in [-0.2, -0.15) is 5.26 Å². The molecule has 1 heterocycles. The summed E-state index contributed by atoms with van der Waals surface area (Å²) in [4.78, 5) is 3.97. The van der Waals surface area contributed by atoms with Crippen molar-refractivity contribution in [1.82, 2.24) is 10.3 Å². The lowest BCUT2D eigenvalue weighted by molar-refractivity contribution is 0.124. The minimum atomic E-state index is 0.498. The van der Waals surface area contributed by atoms with E-state index < -0.39 is 0 Å². The fourth-order valence-corrected chi connectivity index (χ4v) is 2.45. The van der Waals surface area contributed by atoms with E-state index in [4.69, 9.17) is 5.26 Å². The minimum absolute atomic E-state index is 0.498. The van der Waals surface area contributed by atoms with Crippen LogP contribution in [0.2, 0.25) is 0 Å². The predicted octanol–water partition coefficient (Wildman–Crippen LogP) is 2.62. The number of hydrogen-bond donors (Lipinski definition) is 1. The van der Waals surface area contributed by atoms with Crippen molar-refractivity contribution in [2.24, 2.45) is 5.41 Å². The van der Waals surface area contributed by atoms with E-state index in [1.807, 2.05) is 12.1 Å². The van der Waals surface area contributed by atoms with E-state index in [-0.39, 0.29) is 0 Å². The van der Waals surface area contributed by atoms with Crippen LogP contribution in [0, 0.1) is 16.7 Å². The molecule has 17 heavy (non-hydrogen) atoms. The van der Waals surface area contributed by atoms with E-state index in [0.29, 0.717) is 11.1 Å². The van der Waals surface area contributed by atoms with E-state index in [0.717, 1.165) is 18.7 Å². The van der Waals surface area contributed by atoms with Gasteiger partial charge in [-0.1, -0.05) is 13.3 Å². The second kappa shape index (κ2) is 5.29. The Kier molecular flexibility index (Phi) is 3.75. The lowest BCUT2D eigenvalue weighted by Gasteiger charge is -2.41. The molecule has 1 N–H and O–H groups in total. The minimum Gasteiger partial charge on any atom is -0.312 e. The Bertz CT molecular complexity index is 410. The van der Waals surface area contributed by atoms with Gasteiger partial charge in [-0.25, -0.2) is 4.98 Å². The van der Waals surface area contributed by atoms with Crippen molar-refractivity contribution >= 4 is 0 Å². The van der Waals surface area contributed by atoms with Gasteiger partial charge < -0.3 is 5.32 Å². The maximum atomic E-state index is 8.77. The normalized spacial score (nSPS) is 17.2. The average Bonchev–Trinajstić information content (AvgIpc) is 2.33. The van der Waals surface area contributed by atoms with Gasteiger partial charge in [-0.15, -0.1) is 0 Å². The first-order valence-electron chi connectivity index (χ1n) is 6.34. The maximum Gasteiger partial charge on any atom is 0.140 e. The highest BCUT2D eigenvalue weighted by atomic mass is 14.9. The van der Waals surface area contributed by atoms with Gasteiger partial charge in [0.15, 0.2) is 0 Å². The van der Waals surface area contributed by atoms with Crippen molar-refractivity contribution in [1.29, 1.82) is 5.26 Å². The molecule has 2 rings (SSSR count). The molecule has 90 valence electrons. The second-order valence-corrected chi connectivity index (χ2v) is 4.97. The van der Waals surface area contributed by atoms with Gasteiger partial charge in [0.05, 0.1) is 0 Å². The molecule has 0 aliphatic heterocycles. The fourth-order valence-electron chi connectivity index (χ4n) is 2.45. The van der Waals surface area contributed by atoms with Crippen molar-refractivity contribution in [3.8, 4) is 6.07 Å². The van der Waals surface area contributed by atoms with Crippen molar-refractivity contribution in [2.45, 2.75) is 39.2 Å². The second-order valence-electron chi connectivity index (χ2n) is 4.97. The third kappa shape index (κ3) is 2.83. The molecule has 3 heteroatoms. The third-order valence-electron chi connectivity index (χ3n) is 3.93. The van der Waals surface area contributed by atoms with Crippen molar-refractivity contribution in [3.05, 3.63) is 29.6 Å². The van der Waals surface area contributed by atoms with Crippen LogP contribution in [-0.2, 0) is 6.54 Å². The predicted molar refractivity (Wildman–Crippen MR) is 67.2 cm³/mol. The Morgan fingerprint density at radius 2 is 2.35 bits per heavy atom. The molecule has 1 fully saturated rings. The third-order valence-corrected chi connectivity index (χ3v) is 3.93. The Morgan fingerprint density at radius 1 is 1.53 bits per heavy atom. The Balaban J connectivity index is 1.83. The van der Waals surface area contributed by atoms with Crippen LogP contribution in [0.3, 0.4) is 0 Å². The molecule has 0 atom stereocenters. The molecule has 1 aliphatic carbocycles. The molecule has 1 aromatic rings. The summed E-state index contributed by atoms with van der Waals surface area (Å²) in [5.74, 6) is 0. The van der Waals surface area contributed by atoms with Gasteiger partial charge in [0.2, 0.25) is 0 Å². The zero-order chi connectivity index (χ0) is 12.1. The summed E-state index contributed by atoms with van der Waals surface area (Å²) in [6.45, 7) is 4.20. The van der Waals surface area contributed by atoms with Crippen LogP contribution in [0.4, 0.5) is 0 Å². The molecular formula is C14H19N3. The van der Waals surface area contributed by atoms with E-state index in [2.05, 4.69) is 23.3 Å². The summed E-state index contributed by atoms with van der Waals surface area (Å²) in [6, 6.07) is 5.89. The average molecular weight is 229 g/mol. The quantitative estimate of drug-likeness (QED) is 0.844. The van der Waals surface area contributed by atoms with Crippen LogP contribution < -0.4 is 5.32 Å². The molecular weight excluding hydrogens is 210 g/mol. The lowest BCUT2D eigenvalue weighted by Crippen LogP contribution is -2.39. The van der Waals surface area contributed by atoms with E-state index in [9.17, 15) is 0 Å². The van der Waals surface area contributed by atoms with Gasteiger partial charge in [-0.3, -0.25) is 0 Å². The monoisotopic (exact) mass is 229 g/mol.